The normalized spacial score (nSPS) is 30.1. The second-order valence-corrected chi connectivity index (χ2v) is 14.5. The third-order valence-corrected chi connectivity index (χ3v) is 9.62. The number of methoxy groups -OCH3 is 1. The van der Waals surface area contributed by atoms with Crippen LogP contribution in [0.4, 0.5) is 0 Å². The van der Waals surface area contributed by atoms with Crippen molar-refractivity contribution in [2.45, 2.75) is 104 Å². The standard InChI is InChI=1S/C43H54N2O10/c1-8-18-34(46)42(3,4)37-24-17-22-33-32(53-33)21-15-16-25-38-44-30(27-51-38)40(48)54-36(19-9-2)43(5,6)35(47)23-14-12-10-11-13-20-29(50-7)26-39-45-31(28-52-39)41(49)55-37/h8-22,25,27-29,32-37,46-47H,23-24,26H2,1-7H3/b11-10-,14-12-,18-8+,19-9+,20-13+,21-15+,22-17-,25-16-. The highest BCUT2D eigenvalue weighted by atomic mass is 16.6. The minimum absolute atomic E-state index is 0.00854. The van der Waals surface area contributed by atoms with Gasteiger partial charge in [0.25, 0.3) is 0 Å². The number of fused-ring (bicyclic) bond motifs is 5. The van der Waals surface area contributed by atoms with Crippen LogP contribution in [0.25, 0.3) is 6.08 Å². The number of nitrogens with zero attached hydrogens (tertiary/aromatic N) is 2. The van der Waals surface area contributed by atoms with Crippen molar-refractivity contribution in [3.8, 4) is 0 Å². The van der Waals surface area contributed by atoms with Gasteiger partial charge in [-0.15, -0.1) is 0 Å². The quantitative estimate of drug-likeness (QED) is 0.178. The predicted molar refractivity (Wildman–Crippen MR) is 208 cm³/mol. The molecule has 0 aliphatic carbocycles. The van der Waals surface area contributed by atoms with Gasteiger partial charge in [0.15, 0.2) is 17.3 Å². The van der Waals surface area contributed by atoms with Gasteiger partial charge in [-0.05, 0) is 26.3 Å². The molecule has 2 N–H and O–H groups in total. The first-order valence-electron chi connectivity index (χ1n) is 18.4. The van der Waals surface area contributed by atoms with E-state index in [-0.39, 0.29) is 35.9 Å². The fraction of sp³-hybridized carbons (Fsp3) is 0.442. The van der Waals surface area contributed by atoms with E-state index in [2.05, 4.69) is 9.97 Å². The molecule has 4 bridgehead atoms. The van der Waals surface area contributed by atoms with Crippen LogP contribution in [0.3, 0.4) is 0 Å². The number of aliphatic hydroxyl groups is 2. The van der Waals surface area contributed by atoms with Crippen LogP contribution in [0.2, 0.25) is 0 Å². The van der Waals surface area contributed by atoms with Gasteiger partial charge >= 0.3 is 11.9 Å². The van der Waals surface area contributed by atoms with E-state index < -0.39 is 53.3 Å². The Labute approximate surface area is 323 Å². The lowest BCUT2D eigenvalue weighted by molar-refractivity contribution is -0.0457. The van der Waals surface area contributed by atoms with Crippen LogP contribution in [0, 0.1) is 10.8 Å². The zero-order valence-electron chi connectivity index (χ0n) is 32.6. The number of rotatable bonds is 5. The molecule has 4 rings (SSSR count). The molecular formula is C43H54N2O10. The Balaban J connectivity index is 1.56. The molecule has 7 atom stereocenters. The first-order valence-corrected chi connectivity index (χ1v) is 18.4. The van der Waals surface area contributed by atoms with Crippen LogP contribution in [-0.4, -0.2) is 82.0 Å². The van der Waals surface area contributed by atoms with Crippen LogP contribution in [0.1, 0.15) is 87.1 Å². The molecule has 1 saturated heterocycles. The van der Waals surface area contributed by atoms with Crippen LogP contribution < -0.4 is 0 Å². The second-order valence-electron chi connectivity index (χ2n) is 14.5. The van der Waals surface area contributed by atoms with Crippen molar-refractivity contribution in [1.29, 1.82) is 0 Å². The topological polar surface area (TPSA) is 167 Å². The number of allylic oxidation sites excluding steroid dienone is 8. The molecule has 12 heteroatoms. The Morgan fingerprint density at radius 1 is 0.873 bits per heavy atom. The number of aliphatic hydroxyl groups excluding tert-OH is 2. The smallest absolute Gasteiger partial charge is 0.360 e. The Bertz CT molecular complexity index is 1800. The Morgan fingerprint density at radius 3 is 2.31 bits per heavy atom. The number of carbonyl (C=O) groups is 2. The molecule has 0 amide bonds. The molecular weight excluding hydrogens is 704 g/mol. The van der Waals surface area contributed by atoms with Crippen molar-refractivity contribution >= 4 is 18.0 Å². The number of aromatic nitrogens is 2. The van der Waals surface area contributed by atoms with E-state index in [0.29, 0.717) is 18.7 Å². The molecule has 2 aliphatic heterocycles. The number of carbonyl (C=O) groups excluding carboxylic acids is 2. The summed E-state index contributed by atoms with van der Waals surface area (Å²) >= 11 is 0. The summed E-state index contributed by atoms with van der Waals surface area (Å²) < 4.78 is 34.2. The molecule has 2 aromatic heterocycles. The molecule has 2 aromatic rings. The van der Waals surface area contributed by atoms with Crippen LogP contribution in [0.5, 0.6) is 0 Å². The first kappa shape index (κ1) is 42.9. The summed E-state index contributed by atoms with van der Waals surface area (Å²) in [6.45, 7) is 11.0. The molecule has 0 saturated carbocycles. The zero-order valence-corrected chi connectivity index (χ0v) is 32.6. The highest BCUT2D eigenvalue weighted by Crippen LogP contribution is 2.34. The Hall–Kier alpha value is -4.88. The molecule has 12 nitrogen and oxygen atoms in total. The summed E-state index contributed by atoms with van der Waals surface area (Å²) in [4.78, 5) is 35.0. The first-order chi connectivity index (χ1) is 26.3. The molecule has 0 aromatic carbocycles. The minimum atomic E-state index is -0.883. The fourth-order valence-electron chi connectivity index (χ4n) is 5.65. The van der Waals surface area contributed by atoms with E-state index >= 15 is 0 Å². The Kier molecular flexibility index (Phi) is 15.7. The highest BCUT2D eigenvalue weighted by Gasteiger charge is 2.40. The van der Waals surface area contributed by atoms with Gasteiger partial charge in [0.1, 0.15) is 36.9 Å². The fourth-order valence-corrected chi connectivity index (χ4v) is 5.65. The number of oxazole rings is 2. The maximum absolute atomic E-state index is 13.3. The summed E-state index contributed by atoms with van der Waals surface area (Å²) in [7, 11) is 1.56. The average Bonchev–Trinajstić information content (AvgIpc) is 3.47. The van der Waals surface area contributed by atoms with Crippen molar-refractivity contribution in [3.63, 3.8) is 0 Å². The van der Waals surface area contributed by atoms with Crippen molar-refractivity contribution in [2.75, 3.05) is 7.11 Å². The molecule has 0 spiro atoms. The van der Waals surface area contributed by atoms with Crippen molar-refractivity contribution in [1.82, 2.24) is 9.97 Å². The summed E-state index contributed by atoms with van der Waals surface area (Å²) in [5, 5.41) is 22.0. The van der Waals surface area contributed by atoms with Gasteiger partial charge in [0.2, 0.25) is 5.89 Å². The van der Waals surface area contributed by atoms with E-state index in [4.69, 9.17) is 27.8 Å². The lowest BCUT2D eigenvalue weighted by Crippen LogP contribution is -2.42. The third-order valence-electron chi connectivity index (χ3n) is 9.62. The Morgan fingerprint density at radius 2 is 1.56 bits per heavy atom. The monoisotopic (exact) mass is 758 g/mol. The van der Waals surface area contributed by atoms with Gasteiger partial charge in [0.05, 0.1) is 24.7 Å². The molecule has 296 valence electrons. The molecule has 0 radical (unpaired) electrons. The van der Waals surface area contributed by atoms with Crippen molar-refractivity contribution in [3.05, 3.63) is 127 Å². The van der Waals surface area contributed by atoms with Gasteiger partial charge in [-0.2, -0.15) is 0 Å². The number of hydrogen-bond donors (Lipinski definition) is 2. The summed E-state index contributed by atoms with van der Waals surface area (Å²) in [6.07, 6.45) is 28.1. The number of epoxide rings is 1. The lowest BCUT2D eigenvalue weighted by atomic mass is 9.79. The van der Waals surface area contributed by atoms with Gasteiger partial charge in [0, 0.05) is 30.4 Å². The van der Waals surface area contributed by atoms with Gasteiger partial charge in [-0.25, -0.2) is 19.6 Å². The maximum atomic E-state index is 13.3. The van der Waals surface area contributed by atoms with Crippen molar-refractivity contribution < 1.29 is 47.6 Å². The second kappa shape index (κ2) is 20.2. The van der Waals surface area contributed by atoms with E-state index in [1.54, 1.807) is 49.6 Å². The van der Waals surface area contributed by atoms with E-state index in [1.807, 2.05) is 96.2 Å². The van der Waals surface area contributed by atoms with Crippen LogP contribution >= 0.6 is 0 Å². The average molecular weight is 759 g/mol. The third kappa shape index (κ3) is 12.3. The largest absolute Gasteiger partial charge is 0.457 e. The number of esters is 2. The number of ether oxygens (including phenoxy) is 4. The van der Waals surface area contributed by atoms with Gasteiger partial charge < -0.3 is 38.0 Å². The summed E-state index contributed by atoms with van der Waals surface area (Å²) in [5.74, 6) is -0.829. The lowest BCUT2D eigenvalue weighted by Gasteiger charge is -2.36. The van der Waals surface area contributed by atoms with Crippen molar-refractivity contribution in [2.24, 2.45) is 10.8 Å². The zero-order chi connectivity index (χ0) is 40.0. The number of hydrogen-bond acceptors (Lipinski definition) is 12. The van der Waals surface area contributed by atoms with Crippen LogP contribution in [-0.2, 0) is 25.4 Å². The molecule has 4 heterocycles. The molecule has 7 unspecified atom stereocenters. The van der Waals surface area contributed by atoms with E-state index in [0.717, 1.165) is 0 Å². The summed E-state index contributed by atoms with van der Waals surface area (Å²) in [5.41, 5.74) is -1.66. The number of cyclic esters (lactones) is 2. The van der Waals surface area contributed by atoms with E-state index in [9.17, 15) is 19.8 Å². The highest BCUT2D eigenvalue weighted by molar-refractivity contribution is 5.87. The molecule has 2 aliphatic rings. The van der Waals surface area contributed by atoms with Gasteiger partial charge in [-0.1, -0.05) is 113 Å². The van der Waals surface area contributed by atoms with Gasteiger partial charge in [-0.3, -0.25) is 0 Å². The maximum Gasteiger partial charge on any atom is 0.360 e. The predicted octanol–water partition coefficient (Wildman–Crippen LogP) is 7.25. The minimum Gasteiger partial charge on any atom is -0.457 e. The summed E-state index contributed by atoms with van der Waals surface area (Å²) in [6, 6.07) is 0. The SMILES string of the molecule is C/C=C/C(O)C(C)(C)C1C/C=C\C2OC2/C=C/C=C\c2nc(co2)C(=O)OC(/C=C/C)C(C)(C)C(O)C\C=C/C=C\C=C\C(OC)Cc2nc(co2)C(=O)O1. The molecule has 1 fully saturated rings. The van der Waals surface area contributed by atoms with E-state index in [1.165, 1.54) is 12.5 Å². The van der Waals surface area contributed by atoms with Crippen LogP contribution in [0.15, 0.2) is 113 Å². The molecule has 55 heavy (non-hydrogen) atoms.